The Kier molecular flexibility index (Phi) is 6.35. The van der Waals surface area contributed by atoms with Gasteiger partial charge in [0, 0.05) is 12.0 Å². The third kappa shape index (κ3) is 4.15. The van der Waals surface area contributed by atoms with Gasteiger partial charge < -0.3 is 23.7 Å². The largest absolute Gasteiger partial charge is 0.496 e. The normalized spacial score (nSPS) is 22.2. The molecule has 32 heavy (non-hydrogen) atoms. The van der Waals surface area contributed by atoms with Crippen molar-refractivity contribution in [2.24, 2.45) is 5.92 Å². The maximum absolute atomic E-state index is 13.2. The van der Waals surface area contributed by atoms with Gasteiger partial charge in [0.05, 0.1) is 44.6 Å². The number of esters is 1. The predicted octanol–water partition coefficient (Wildman–Crippen LogP) is 4.05. The van der Waals surface area contributed by atoms with Crippen molar-refractivity contribution in [3.8, 4) is 17.2 Å². The summed E-state index contributed by atoms with van der Waals surface area (Å²) in [5, 5.41) is 0. The van der Waals surface area contributed by atoms with Gasteiger partial charge >= 0.3 is 5.97 Å². The molecule has 1 aliphatic carbocycles. The highest BCUT2D eigenvalue weighted by Gasteiger charge is 2.42. The van der Waals surface area contributed by atoms with Crippen LogP contribution in [-0.4, -0.2) is 45.3 Å². The molecule has 7 nitrogen and oxygen atoms in total. The molecular formula is C25H26O7. The number of carbonyl (C=O) groups is 2. The first kappa shape index (κ1) is 21.7. The van der Waals surface area contributed by atoms with Crippen molar-refractivity contribution >= 4 is 17.3 Å². The minimum absolute atomic E-state index is 0.0374. The van der Waals surface area contributed by atoms with Crippen LogP contribution in [0.25, 0.3) is 5.57 Å². The summed E-state index contributed by atoms with van der Waals surface area (Å²) in [5.74, 6) is 0.956. The van der Waals surface area contributed by atoms with E-state index in [1.165, 1.54) is 20.5 Å². The fourth-order valence-electron chi connectivity index (χ4n) is 4.31. The van der Waals surface area contributed by atoms with Gasteiger partial charge in [-0.1, -0.05) is 18.2 Å². The molecule has 1 fully saturated rings. The van der Waals surface area contributed by atoms with E-state index < -0.39 is 5.97 Å². The first-order valence-electron chi connectivity index (χ1n) is 10.5. The lowest BCUT2D eigenvalue weighted by Gasteiger charge is -2.37. The Hall–Kier alpha value is -3.48. The van der Waals surface area contributed by atoms with Crippen LogP contribution in [0.4, 0.5) is 0 Å². The van der Waals surface area contributed by atoms with Crippen LogP contribution in [0.15, 0.2) is 48.7 Å². The topological polar surface area (TPSA) is 80.3 Å². The smallest absolute Gasteiger partial charge is 0.338 e. The zero-order valence-corrected chi connectivity index (χ0v) is 18.3. The molecule has 2 aromatic rings. The van der Waals surface area contributed by atoms with Gasteiger partial charge in [-0.25, -0.2) is 4.79 Å². The number of hydrogen-bond donors (Lipinski definition) is 0. The van der Waals surface area contributed by atoms with Crippen LogP contribution in [0, 0.1) is 5.92 Å². The average Bonchev–Trinajstić information content (AvgIpc) is 2.83. The summed E-state index contributed by atoms with van der Waals surface area (Å²) in [4.78, 5) is 25.8. The van der Waals surface area contributed by atoms with Gasteiger partial charge in [-0.3, -0.25) is 4.79 Å². The molecule has 0 spiro atoms. The van der Waals surface area contributed by atoms with Crippen molar-refractivity contribution in [1.29, 1.82) is 0 Å². The summed E-state index contributed by atoms with van der Waals surface area (Å²) in [6, 6.07) is 12.3. The molecule has 4 rings (SSSR count). The van der Waals surface area contributed by atoms with Gasteiger partial charge in [0.15, 0.2) is 17.3 Å². The number of Topliss-reactive ketones (excluding diaryl/α,β-unsaturated/α-hetero) is 1. The van der Waals surface area contributed by atoms with E-state index in [9.17, 15) is 9.59 Å². The van der Waals surface area contributed by atoms with Gasteiger partial charge in [-0.2, -0.15) is 0 Å². The van der Waals surface area contributed by atoms with E-state index in [-0.39, 0.29) is 23.9 Å². The molecule has 3 unspecified atom stereocenters. The Morgan fingerprint density at radius 3 is 2.44 bits per heavy atom. The third-order valence-electron chi connectivity index (χ3n) is 6.00. The molecule has 0 N–H and O–H groups in total. The standard InChI is InChI=1S/C25H26O7/c1-28-20-7-5-4-6-17(20)19-14-31-22-13-16(9-10-18(22)24(19)26)32-25(27)15-8-11-21(29-2)23(12-15)30-3/h4-8,11-12,14,16,18,22H,9-10,13H2,1-3H3. The highest BCUT2D eigenvalue weighted by Crippen LogP contribution is 2.39. The summed E-state index contributed by atoms with van der Waals surface area (Å²) in [5.41, 5.74) is 1.62. The van der Waals surface area contributed by atoms with E-state index in [0.717, 1.165) is 5.56 Å². The zero-order valence-electron chi connectivity index (χ0n) is 18.3. The van der Waals surface area contributed by atoms with Crippen molar-refractivity contribution in [1.82, 2.24) is 0 Å². The monoisotopic (exact) mass is 438 g/mol. The van der Waals surface area contributed by atoms with E-state index in [4.69, 9.17) is 23.7 Å². The molecule has 2 aromatic carbocycles. The second kappa shape index (κ2) is 9.34. The molecule has 1 saturated carbocycles. The molecule has 7 heteroatoms. The quantitative estimate of drug-likeness (QED) is 0.630. The number of carbonyl (C=O) groups excluding carboxylic acids is 2. The number of hydrogen-bond acceptors (Lipinski definition) is 7. The van der Waals surface area contributed by atoms with Gasteiger partial charge in [0.1, 0.15) is 18.0 Å². The maximum atomic E-state index is 13.2. The number of para-hydroxylation sites is 1. The van der Waals surface area contributed by atoms with Crippen molar-refractivity contribution in [3.05, 3.63) is 59.9 Å². The van der Waals surface area contributed by atoms with E-state index in [0.29, 0.717) is 47.6 Å². The molecule has 168 valence electrons. The highest BCUT2D eigenvalue weighted by atomic mass is 16.5. The Morgan fingerprint density at radius 2 is 1.69 bits per heavy atom. The van der Waals surface area contributed by atoms with Crippen molar-refractivity contribution in [3.63, 3.8) is 0 Å². The fourth-order valence-corrected chi connectivity index (χ4v) is 4.31. The average molecular weight is 438 g/mol. The van der Waals surface area contributed by atoms with Crippen LogP contribution in [0.2, 0.25) is 0 Å². The van der Waals surface area contributed by atoms with Crippen LogP contribution in [-0.2, 0) is 14.3 Å². The van der Waals surface area contributed by atoms with E-state index in [1.54, 1.807) is 25.3 Å². The molecule has 1 aliphatic heterocycles. The number of ketones is 1. The Morgan fingerprint density at radius 1 is 0.938 bits per heavy atom. The molecule has 0 bridgehead atoms. The van der Waals surface area contributed by atoms with Crippen molar-refractivity contribution < 1.29 is 33.3 Å². The van der Waals surface area contributed by atoms with Crippen LogP contribution in [0.3, 0.4) is 0 Å². The van der Waals surface area contributed by atoms with Crippen molar-refractivity contribution in [2.45, 2.75) is 31.5 Å². The van der Waals surface area contributed by atoms with Gasteiger partial charge in [-0.05, 0) is 37.1 Å². The van der Waals surface area contributed by atoms with Gasteiger partial charge in [0.2, 0.25) is 0 Å². The third-order valence-corrected chi connectivity index (χ3v) is 6.00. The van der Waals surface area contributed by atoms with Gasteiger partial charge in [-0.15, -0.1) is 0 Å². The molecule has 2 aliphatic rings. The first-order valence-corrected chi connectivity index (χ1v) is 10.5. The summed E-state index contributed by atoms with van der Waals surface area (Å²) in [6.45, 7) is 0. The Labute approximate surface area is 186 Å². The molecule has 1 heterocycles. The second-order valence-electron chi connectivity index (χ2n) is 7.79. The van der Waals surface area contributed by atoms with Crippen molar-refractivity contribution in [2.75, 3.05) is 21.3 Å². The molecule has 0 saturated heterocycles. The second-order valence-corrected chi connectivity index (χ2v) is 7.79. The molecule has 0 aromatic heterocycles. The van der Waals surface area contributed by atoms with Crippen LogP contribution >= 0.6 is 0 Å². The summed E-state index contributed by atoms with van der Waals surface area (Å²) >= 11 is 0. The number of fused-ring (bicyclic) bond motifs is 1. The maximum Gasteiger partial charge on any atom is 0.338 e. The van der Waals surface area contributed by atoms with Crippen LogP contribution in [0.5, 0.6) is 17.2 Å². The fraction of sp³-hybridized carbons (Fsp3) is 0.360. The highest BCUT2D eigenvalue weighted by molar-refractivity contribution is 6.22. The van der Waals surface area contributed by atoms with E-state index in [1.807, 2.05) is 24.3 Å². The minimum atomic E-state index is -0.443. The SMILES string of the molecule is COc1ccc(C(=O)OC2CCC3C(=O)C(c4ccccc4OC)=COC3C2)cc1OC. The zero-order chi connectivity index (χ0) is 22.7. The van der Waals surface area contributed by atoms with E-state index >= 15 is 0 Å². The lowest BCUT2D eigenvalue weighted by molar-refractivity contribution is -0.126. The summed E-state index contributed by atoms with van der Waals surface area (Å²) in [7, 11) is 4.63. The number of rotatable bonds is 6. The number of ether oxygens (including phenoxy) is 5. The predicted molar refractivity (Wildman–Crippen MR) is 117 cm³/mol. The molecule has 0 radical (unpaired) electrons. The van der Waals surface area contributed by atoms with Crippen LogP contribution in [0.1, 0.15) is 35.2 Å². The first-order chi connectivity index (χ1) is 15.5. The molecule has 0 amide bonds. The number of allylic oxidation sites excluding steroid dienone is 1. The lowest BCUT2D eigenvalue weighted by atomic mass is 9.77. The van der Waals surface area contributed by atoms with Crippen LogP contribution < -0.4 is 14.2 Å². The summed E-state index contributed by atoms with van der Waals surface area (Å²) in [6.07, 6.45) is 2.50. The van der Waals surface area contributed by atoms with E-state index in [2.05, 4.69) is 0 Å². The minimum Gasteiger partial charge on any atom is -0.496 e. The Bertz CT molecular complexity index is 1040. The number of benzene rings is 2. The molecular weight excluding hydrogens is 412 g/mol. The lowest BCUT2D eigenvalue weighted by Crippen LogP contribution is -2.42. The van der Waals surface area contributed by atoms with Gasteiger partial charge in [0.25, 0.3) is 0 Å². The number of methoxy groups -OCH3 is 3. The Balaban J connectivity index is 1.44. The molecule has 3 atom stereocenters. The summed E-state index contributed by atoms with van der Waals surface area (Å²) < 4.78 is 27.5.